The number of thiophene rings is 1. The summed E-state index contributed by atoms with van der Waals surface area (Å²) in [6.07, 6.45) is 1.57. The number of hydrogen-bond donors (Lipinski definition) is 1. The molecule has 0 atom stereocenters. The van der Waals surface area contributed by atoms with Crippen molar-refractivity contribution in [3.05, 3.63) is 53.3 Å². The van der Waals surface area contributed by atoms with E-state index in [0.717, 1.165) is 32.9 Å². The normalized spacial score (nSPS) is 11.2. The standard InChI is InChI=1S/C17H15N5S/c1-10-8-13(18)22(21-10)16-15-14(12-6-4-3-5-7-12)11(2)23-17(15)20-9-19-16/h3-9H,18H2,1-2H3. The smallest absolute Gasteiger partial charge is 0.168 e. The summed E-state index contributed by atoms with van der Waals surface area (Å²) in [5.41, 5.74) is 9.26. The molecule has 0 unspecified atom stereocenters. The Morgan fingerprint density at radius 1 is 1.09 bits per heavy atom. The van der Waals surface area contributed by atoms with Crippen LogP contribution in [0.5, 0.6) is 0 Å². The van der Waals surface area contributed by atoms with Crippen LogP contribution in [-0.2, 0) is 0 Å². The van der Waals surface area contributed by atoms with E-state index in [-0.39, 0.29) is 0 Å². The summed E-state index contributed by atoms with van der Waals surface area (Å²) in [5, 5.41) is 5.48. The molecule has 0 bridgehead atoms. The molecule has 2 N–H and O–H groups in total. The van der Waals surface area contributed by atoms with Gasteiger partial charge >= 0.3 is 0 Å². The molecule has 6 heteroatoms. The lowest BCUT2D eigenvalue weighted by atomic mass is 10.0. The monoisotopic (exact) mass is 321 g/mol. The molecule has 0 spiro atoms. The van der Waals surface area contributed by atoms with Crippen LogP contribution in [0.1, 0.15) is 10.6 Å². The Hall–Kier alpha value is -2.73. The summed E-state index contributed by atoms with van der Waals surface area (Å²) in [6, 6.07) is 12.1. The predicted molar refractivity (Wildman–Crippen MR) is 93.9 cm³/mol. The Kier molecular flexibility index (Phi) is 3.12. The molecular formula is C17H15N5S. The van der Waals surface area contributed by atoms with Crippen LogP contribution in [0.25, 0.3) is 27.2 Å². The second-order valence-electron chi connectivity index (χ2n) is 5.40. The van der Waals surface area contributed by atoms with Crippen LogP contribution in [0.15, 0.2) is 42.7 Å². The first-order chi connectivity index (χ1) is 11.1. The van der Waals surface area contributed by atoms with Crippen LogP contribution in [0.3, 0.4) is 0 Å². The molecule has 0 fully saturated rings. The van der Waals surface area contributed by atoms with Crippen molar-refractivity contribution in [2.24, 2.45) is 0 Å². The molecule has 114 valence electrons. The highest BCUT2D eigenvalue weighted by Gasteiger charge is 2.19. The Balaban J connectivity index is 2.09. The van der Waals surface area contributed by atoms with Gasteiger partial charge in [-0.15, -0.1) is 11.3 Å². The van der Waals surface area contributed by atoms with Crippen LogP contribution in [-0.4, -0.2) is 19.7 Å². The minimum Gasteiger partial charge on any atom is -0.384 e. The molecule has 1 aromatic carbocycles. The molecule has 0 aliphatic heterocycles. The second kappa shape index (κ2) is 5.17. The number of aromatic nitrogens is 4. The Morgan fingerprint density at radius 3 is 2.57 bits per heavy atom. The Morgan fingerprint density at radius 2 is 1.87 bits per heavy atom. The van der Waals surface area contributed by atoms with Crippen LogP contribution < -0.4 is 5.73 Å². The number of nitrogen functional groups attached to an aromatic ring is 1. The fourth-order valence-corrected chi connectivity index (χ4v) is 3.84. The van der Waals surface area contributed by atoms with Gasteiger partial charge in [0.1, 0.15) is 17.0 Å². The first-order valence-electron chi connectivity index (χ1n) is 7.27. The first kappa shape index (κ1) is 13.9. The van der Waals surface area contributed by atoms with E-state index in [1.165, 1.54) is 4.88 Å². The van der Waals surface area contributed by atoms with Crippen LogP contribution in [0, 0.1) is 13.8 Å². The van der Waals surface area contributed by atoms with Crippen LogP contribution >= 0.6 is 11.3 Å². The third kappa shape index (κ3) is 2.19. The summed E-state index contributed by atoms with van der Waals surface area (Å²) in [5.74, 6) is 1.30. The van der Waals surface area contributed by atoms with Crippen LogP contribution in [0.2, 0.25) is 0 Å². The van der Waals surface area contributed by atoms with Crippen molar-refractivity contribution in [3.63, 3.8) is 0 Å². The lowest BCUT2D eigenvalue weighted by molar-refractivity contribution is 0.846. The molecule has 0 amide bonds. The van der Waals surface area contributed by atoms with E-state index in [9.17, 15) is 0 Å². The summed E-state index contributed by atoms with van der Waals surface area (Å²) >= 11 is 1.66. The minimum absolute atomic E-state index is 0.574. The van der Waals surface area contributed by atoms with Crippen molar-refractivity contribution in [3.8, 4) is 16.9 Å². The van der Waals surface area contributed by atoms with Gasteiger partial charge in [-0.3, -0.25) is 0 Å². The van der Waals surface area contributed by atoms with E-state index in [2.05, 4.69) is 34.1 Å². The van der Waals surface area contributed by atoms with Gasteiger partial charge in [-0.1, -0.05) is 30.3 Å². The highest BCUT2D eigenvalue weighted by atomic mass is 32.1. The highest BCUT2D eigenvalue weighted by molar-refractivity contribution is 7.19. The fourth-order valence-electron chi connectivity index (χ4n) is 2.83. The maximum Gasteiger partial charge on any atom is 0.168 e. The third-order valence-electron chi connectivity index (χ3n) is 3.77. The van der Waals surface area contributed by atoms with Gasteiger partial charge in [0.2, 0.25) is 0 Å². The Labute approximate surface area is 137 Å². The number of hydrogen-bond acceptors (Lipinski definition) is 5. The zero-order valence-corrected chi connectivity index (χ0v) is 13.6. The molecule has 23 heavy (non-hydrogen) atoms. The van der Waals surface area contributed by atoms with Gasteiger partial charge in [-0.25, -0.2) is 9.97 Å². The zero-order chi connectivity index (χ0) is 16.0. The van der Waals surface area contributed by atoms with E-state index in [1.54, 1.807) is 22.3 Å². The van der Waals surface area contributed by atoms with Crippen molar-refractivity contribution >= 4 is 27.4 Å². The van der Waals surface area contributed by atoms with E-state index < -0.39 is 0 Å². The van der Waals surface area contributed by atoms with Crippen molar-refractivity contribution in [2.75, 3.05) is 5.73 Å². The van der Waals surface area contributed by atoms with Gasteiger partial charge in [-0.05, 0) is 19.4 Å². The third-order valence-corrected chi connectivity index (χ3v) is 4.78. The van der Waals surface area contributed by atoms with Crippen molar-refractivity contribution in [1.29, 1.82) is 0 Å². The molecule has 0 aliphatic carbocycles. The fraction of sp³-hybridized carbons (Fsp3) is 0.118. The van der Waals surface area contributed by atoms with Gasteiger partial charge in [0, 0.05) is 16.5 Å². The highest BCUT2D eigenvalue weighted by Crippen LogP contribution is 2.39. The van der Waals surface area contributed by atoms with E-state index in [0.29, 0.717) is 5.82 Å². The van der Waals surface area contributed by atoms with E-state index in [4.69, 9.17) is 5.73 Å². The molecule has 4 rings (SSSR count). The number of anilines is 1. The molecule has 4 aromatic rings. The predicted octanol–water partition coefficient (Wildman–Crippen LogP) is 3.74. The van der Waals surface area contributed by atoms with Gasteiger partial charge in [-0.2, -0.15) is 9.78 Å². The molecule has 0 saturated heterocycles. The summed E-state index contributed by atoms with van der Waals surface area (Å²) in [6.45, 7) is 4.03. The van der Waals surface area contributed by atoms with Crippen molar-refractivity contribution < 1.29 is 0 Å². The van der Waals surface area contributed by atoms with Gasteiger partial charge in [0.25, 0.3) is 0 Å². The number of fused-ring (bicyclic) bond motifs is 1. The average molecular weight is 321 g/mol. The Bertz CT molecular complexity index is 1000. The first-order valence-corrected chi connectivity index (χ1v) is 8.09. The lowest BCUT2D eigenvalue weighted by Crippen LogP contribution is -2.05. The summed E-state index contributed by atoms with van der Waals surface area (Å²) in [7, 11) is 0. The maximum absolute atomic E-state index is 6.10. The van der Waals surface area contributed by atoms with Gasteiger partial charge < -0.3 is 5.73 Å². The topological polar surface area (TPSA) is 69.6 Å². The van der Waals surface area contributed by atoms with Crippen molar-refractivity contribution in [2.45, 2.75) is 13.8 Å². The minimum atomic E-state index is 0.574. The number of nitrogens with two attached hydrogens (primary N) is 1. The number of rotatable bonds is 2. The van der Waals surface area contributed by atoms with Gasteiger partial charge in [0.05, 0.1) is 11.1 Å². The number of benzene rings is 1. The van der Waals surface area contributed by atoms with Gasteiger partial charge in [0.15, 0.2) is 5.82 Å². The quantitative estimate of drug-likeness (QED) is 0.610. The lowest BCUT2D eigenvalue weighted by Gasteiger charge is -2.07. The molecule has 0 saturated carbocycles. The SMILES string of the molecule is Cc1cc(N)n(-c2ncnc3sc(C)c(-c4ccccc4)c23)n1. The molecule has 0 radical (unpaired) electrons. The average Bonchev–Trinajstić information content (AvgIpc) is 3.06. The van der Waals surface area contributed by atoms with Crippen LogP contribution in [0.4, 0.5) is 5.82 Å². The van der Waals surface area contributed by atoms with Crippen molar-refractivity contribution in [1.82, 2.24) is 19.7 Å². The zero-order valence-electron chi connectivity index (χ0n) is 12.8. The molecular weight excluding hydrogens is 306 g/mol. The summed E-state index contributed by atoms with van der Waals surface area (Å²) in [4.78, 5) is 11.1. The largest absolute Gasteiger partial charge is 0.384 e. The second-order valence-corrected chi connectivity index (χ2v) is 6.60. The van der Waals surface area contributed by atoms with E-state index in [1.807, 2.05) is 31.2 Å². The number of nitrogens with zero attached hydrogens (tertiary/aromatic N) is 4. The molecule has 3 heterocycles. The van der Waals surface area contributed by atoms with E-state index >= 15 is 0 Å². The molecule has 0 aliphatic rings. The molecule has 5 nitrogen and oxygen atoms in total. The maximum atomic E-state index is 6.10. The summed E-state index contributed by atoms with van der Waals surface area (Å²) < 4.78 is 1.69. The molecule has 3 aromatic heterocycles. The number of aryl methyl sites for hydroxylation is 2.